The maximum absolute atomic E-state index is 12.9. The molecule has 1 aliphatic rings. The van der Waals surface area contributed by atoms with Crippen LogP contribution >= 0.6 is 0 Å². The Morgan fingerprint density at radius 1 is 0.939 bits per heavy atom. The predicted molar refractivity (Wildman–Crippen MR) is 127 cm³/mol. The maximum Gasteiger partial charge on any atom is 0.338 e. The first-order valence-electron chi connectivity index (χ1n) is 10.9. The average molecular weight is 444 g/mol. The second-order valence-corrected chi connectivity index (χ2v) is 7.64. The van der Waals surface area contributed by atoms with Gasteiger partial charge in [0.1, 0.15) is 0 Å². The number of hydrogen-bond donors (Lipinski definition) is 2. The number of urea groups is 1. The van der Waals surface area contributed by atoms with Gasteiger partial charge in [-0.25, -0.2) is 9.59 Å². The molecule has 4 rings (SSSR count). The van der Waals surface area contributed by atoms with Crippen molar-refractivity contribution in [2.24, 2.45) is 0 Å². The summed E-state index contributed by atoms with van der Waals surface area (Å²) >= 11 is 0. The van der Waals surface area contributed by atoms with Crippen molar-refractivity contribution in [3.8, 4) is 0 Å². The fourth-order valence-corrected chi connectivity index (χ4v) is 3.78. The van der Waals surface area contributed by atoms with Crippen LogP contribution in [0.15, 0.2) is 72.8 Å². The van der Waals surface area contributed by atoms with Gasteiger partial charge in [0.25, 0.3) is 5.91 Å². The van der Waals surface area contributed by atoms with Gasteiger partial charge in [-0.3, -0.25) is 4.79 Å². The molecule has 1 aliphatic heterocycles. The highest BCUT2D eigenvalue weighted by atomic mass is 16.5. The molecule has 2 N–H and O–H groups in total. The number of nitrogens with zero attached hydrogens (tertiary/aromatic N) is 1. The third-order valence-electron chi connectivity index (χ3n) is 5.40. The van der Waals surface area contributed by atoms with Crippen molar-refractivity contribution in [3.63, 3.8) is 0 Å². The van der Waals surface area contributed by atoms with E-state index in [9.17, 15) is 14.4 Å². The van der Waals surface area contributed by atoms with Crippen LogP contribution in [0.25, 0.3) is 0 Å². The Hall–Kier alpha value is -4.13. The molecule has 7 nitrogen and oxygen atoms in total. The van der Waals surface area contributed by atoms with E-state index >= 15 is 0 Å². The van der Waals surface area contributed by atoms with Gasteiger partial charge < -0.3 is 20.3 Å². The molecule has 7 heteroatoms. The topological polar surface area (TPSA) is 87.7 Å². The Labute approximate surface area is 192 Å². The molecule has 0 radical (unpaired) electrons. The molecule has 0 aliphatic carbocycles. The van der Waals surface area contributed by atoms with E-state index in [1.165, 1.54) is 0 Å². The first kappa shape index (κ1) is 22.1. The Morgan fingerprint density at radius 2 is 1.73 bits per heavy atom. The van der Waals surface area contributed by atoms with Crippen molar-refractivity contribution < 1.29 is 19.1 Å². The fraction of sp³-hybridized carbons (Fsp3) is 0.192. The average Bonchev–Trinajstić information content (AvgIpc) is 3.26. The lowest BCUT2D eigenvalue weighted by Gasteiger charge is -2.18. The second-order valence-electron chi connectivity index (χ2n) is 7.64. The Bertz CT molecular complexity index is 1180. The van der Waals surface area contributed by atoms with Gasteiger partial charge in [0.05, 0.1) is 12.2 Å². The molecule has 0 spiro atoms. The van der Waals surface area contributed by atoms with Crippen LogP contribution in [0.5, 0.6) is 0 Å². The van der Waals surface area contributed by atoms with Crippen molar-refractivity contribution in [3.05, 3.63) is 95.1 Å². The highest BCUT2D eigenvalue weighted by Crippen LogP contribution is 2.30. The summed E-state index contributed by atoms with van der Waals surface area (Å²) in [6.07, 6.45) is 0.804. The number of fused-ring (bicyclic) bond motifs is 1. The largest absolute Gasteiger partial charge is 0.462 e. The van der Waals surface area contributed by atoms with Crippen molar-refractivity contribution in [1.82, 2.24) is 5.32 Å². The smallest absolute Gasteiger partial charge is 0.338 e. The first-order chi connectivity index (χ1) is 16.0. The third-order valence-corrected chi connectivity index (χ3v) is 5.40. The number of nitrogens with one attached hydrogen (secondary N) is 2. The lowest BCUT2D eigenvalue weighted by molar-refractivity contribution is 0.0526. The van der Waals surface area contributed by atoms with Crippen LogP contribution in [0.1, 0.15) is 38.8 Å². The van der Waals surface area contributed by atoms with Crippen LogP contribution in [0.2, 0.25) is 0 Å². The monoisotopic (exact) mass is 443 g/mol. The van der Waals surface area contributed by atoms with Gasteiger partial charge in [0.15, 0.2) is 0 Å². The molecule has 0 saturated carbocycles. The number of esters is 1. The minimum absolute atomic E-state index is 0.0290. The summed E-state index contributed by atoms with van der Waals surface area (Å²) in [7, 11) is 0. The number of ether oxygens (including phenoxy) is 1. The molecule has 33 heavy (non-hydrogen) atoms. The van der Waals surface area contributed by atoms with Gasteiger partial charge in [-0.2, -0.15) is 0 Å². The standard InChI is InChI=1S/C26H25N3O4/c1-2-33-25(31)21-9-6-10-22(16-21)28-26(32)27-17-18-11-12-19-13-14-29(23(19)15-18)24(30)20-7-4-3-5-8-20/h3-12,15-16H,2,13-14,17H2,1H3,(H2,27,28,32). The summed E-state index contributed by atoms with van der Waals surface area (Å²) in [5.74, 6) is -0.465. The highest BCUT2D eigenvalue weighted by Gasteiger charge is 2.25. The van der Waals surface area contributed by atoms with Gasteiger partial charge in [0.2, 0.25) is 0 Å². The molecule has 3 aromatic carbocycles. The summed E-state index contributed by atoms with van der Waals surface area (Å²) in [5, 5.41) is 5.55. The zero-order chi connectivity index (χ0) is 23.2. The molecule has 0 saturated heterocycles. The number of carbonyl (C=O) groups excluding carboxylic acids is 3. The summed E-state index contributed by atoms with van der Waals surface area (Å²) in [6.45, 7) is 2.95. The second kappa shape index (κ2) is 9.99. The zero-order valence-corrected chi connectivity index (χ0v) is 18.3. The molecular weight excluding hydrogens is 418 g/mol. The number of benzene rings is 3. The maximum atomic E-state index is 12.9. The molecule has 0 aromatic heterocycles. The van der Waals surface area contributed by atoms with E-state index in [2.05, 4.69) is 10.6 Å². The molecule has 0 atom stereocenters. The van der Waals surface area contributed by atoms with Crippen LogP contribution in [0, 0.1) is 0 Å². The minimum Gasteiger partial charge on any atom is -0.462 e. The van der Waals surface area contributed by atoms with Crippen molar-refractivity contribution in [2.45, 2.75) is 19.9 Å². The molecule has 0 fully saturated rings. The van der Waals surface area contributed by atoms with E-state index in [-0.39, 0.29) is 12.5 Å². The zero-order valence-electron chi connectivity index (χ0n) is 18.3. The van der Waals surface area contributed by atoms with E-state index in [0.29, 0.717) is 29.9 Å². The molecule has 3 amide bonds. The number of amides is 3. The summed E-state index contributed by atoms with van der Waals surface area (Å²) in [6, 6.07) is 21.3. The van der Waals surface area contributed by atoms with E-state index in [4.69, 9.17) is 4.74 Å². The normalized spacial score (nSPS) is 12.1. The van der Waals surface area contributed by atoms with Crippen LogP contribution in [-0.2, 0) is 17.7 Å². The van der Waals surface area contributed by atoms with Gasteiger partial charge in [0, 0.05) is 30.0 Å². The molecule has 1 heterocycles. The van der Waals surface area contributed by atoms with Crippen LogP contribution in [0.4, 0.5) is 16.2 Å². The summed E-state index contributed by atoms with van der Waals surface area (Å²) in [5.41, 5.74) is 4.40. The van der Waals surface area contributed by atoms with Crippen LogP contribution in [-0.4, -0.2) is 31.1 Å². The van der Waals surface area contributed by atoms with Crippen LogP contribution < -0.4 is 15.5 Å². The number of carbonyl (C=O) groups is 3. The van der Waals surface area contributed by atoms with Crippen molar-refractivity contribution >= 4 is 29.3 Å². The Balaban J connectivity index is 1.39. The minimum atomic E-state index is -0.436. The predicted octanol–water partition coefficient (Wildman–Crippen LogP) is 4.39. The van der Waals surface area contributed by atoms with E-state index in [0.717, 1.165) is 23.2 Å². The van der Waals surface area contributed by atoms with E-state index < -0.39 is 12.0 Å². The number of rotatable bonds is 6. The van der Waals surface area contributed by atoms with Crippen LogP contribution in [0.3, 0.4) is 0 Å². The number of hydrogen-bond acceptors (Lipinski definition) is 4. The summed E-state index contributed by atoms with van der Waals surface area (Å²) < 4.78 is 4.99. The van der Waals surface area contributed by atoms with E-state index in [1.54, 1.807) is 36.1 Å². The Morgan fingerprint density at radius 3 is 2.52 bits per heavy atom. The fourth-order valence-electron chi connectivity index (χ4n) is 3.78. The highest BCUT2D eigenvalue weighted by molar-refractivity contribution is 6.07. The lowest BCUT2D eigenvalue weighted by atomic mass is 10.1. The molecule has 3 aromatic rings. The van der Waals surface area contributed by atoms with Gasteiger partial charge in [-0.15, -0.1) is 0 Å². The quantitative estimate of drug-likeness (QED) is 0.553. The Kier molecular flexibility index (Phi) is 6.69. The molecule has 0 unspecified atom stereocenters. The van der Waals surface area contributed by atoms with Gasteiger partial charge in [-0.1, -0.05) is 36.4 Å². The van der Waals surface area contributed by atoms with E-state index in [1.807, 2.05) is 48.5 Å². The number of anilines is 2. The molecule has 0 bridgehead atoms. The SMILES string of the molecule is CCOC(=O)c1cccc(NC(=O)NCc2ccc3c(c2)N(C(=O)c2ccccc2)CC3)c1. The van der Waals surface area contributed by atoms with Gasteiger partial charge >= 0.3 is 12.0 Å². The first-order valence-corrected chi connectivity index (χ1v) is 10.9. The molecular formula is C26H25N3O4. The lowest BCUT2D eigenvalue weighted by Crippen LogP contribution is -2.29. The van der Waals surface area contributed by atoms with Crippen molar-refractivity contribution in [2.75, 3.05) is 23.4 Å². The molecule has 168 valence electrons. The summed E-state index contributed by atoms with van der Waals surface area (Å²) in [4.78, 5) is 39.0. The van der Waals surface area contributed by atoms with Gasteiger partial charge in [-0.05, 0) is 60.9 Å². The third kappa shape index (κ3) is 5.20. The van der Waals surface area contributed by atoms with Crippen molar-refractivity contribution in [1.29, 1.82) is 0 Å².